The largest absolute Gasteiger partial charge is 0.270 e. The molecular weight excluding hydrogens is 323 g/mol. The van der Waals surface area contributed by atoms with Crippen molar-refractivity contribution in [2.75, 3.05) is 7.05 Å². The molecule has 0 bridgehead atoms. The number of aliphatic imine (C=N–C) groups is 2. The number of nitrogens with zero attached hydrogens (tertiary/aromatic N) is 2. The SMILES string of the molecule is C=C(/C=C\C)C(I)=NC(=NC)c1ccccc1. The van der Waals surface area contributed by atoms with Crippen LogP contribution < -0.4 is 0 Å². The second-order valence-corrected chi connectivity index (χ2v) is 4.36. The number of halogens is 1. The molecule has 3 heteroatoms. The molecule has 17 heavy (non-hydrogen) atoms. The van der Waals surface area contributed by atoms with Crippen molar-refractivity contribution in [1.82, 2.24) is 0 Å². The Hall–Kier alpha value is -1.23. The molecule has 0 aliphatic carbocycles. The second kappa shape index (κ2) is 7.17. The van der Waals surface area contributed by atoms with Crippen LogP contribution in [-0.4, -0.2) is 16.6 Å². The van der Waals surface area contributed by atoms with Gasteiger partial charge in [-0.25, -0.2) is 4.99 Å². The number of hydrogen-bond acceptors (Lipinski definition) is 1. The predicted molar refractivity (Wildman–Crippen MR) is 84.3 cm³/mol. The molecule has 1 aromatic rings. The van der Waals surface area contributed by atoms with E-state index in [-0.39, 0.29) is 0 Å². The molecule has 1 aromatic carbocycles. The summed E-state index contributed by atoms with van der Waals surface area (Å²) in [4.78, 5) is 8.69. The van der Waals surface area contributed by atoms with Crippen LogP contribution in [0.1, 0.15) is 12.5 Å². The highest BCUT2D eigenvalue weighted by Gasteiger charge is 2.02. The smallest absolute Gasteiger partial charge is 0.155 e. The Kier molecular flexibility index (Phi) is 5.83. The van der Waals surface area contributed by atoms with E-state index in [4.69, 9.17) is 0 Å². The predicted octanol–water partition coefficient (Wildman–Crippen LogP) is 4.03. The summed E-state index contributed by atoms with van der Waals surface area (Å²) in [7, 11) is 1.74. The van der Waals surface area contributed by atoms with E-state index in [1.165, 1.54) is 0 Å². The molecular formula is C14H15IN2. The van der Waals surface area contributed by atoms with Gasteiger partial charge in [-0.15, -0.1) is 0 Å². The maximum Gasteiger partial charge on any atom is 0.155 e. The average Bonchev–Trinajstić information content (AvgIpc) is 2.37. The zero-order valence-corrected chi connectivity index (χ0v) is 12.2. The minimum absolute atomic E-state index is 0.723. The third kappa shape index (κ3) is 4.26. The lowest BCUT2D eigenvalue weighted by Crippen LogP contribution is -2.01. The summed E-state index contributed by atoms with van der Waals surface area (Å²) in [6.07, 6.45) is 3.88. The Morgan fingerprint density at radius 1 is 1.29 bits per heavy atom. The molecule has 0 atom stereocenters. The second-order valence-electron chi connectivity index (χ2n) is 3.34. The van der Waals surface area contributed by atoms with Gasteiger partial charge in [-0.1, -0.05) is 49.1 Å². The van der Waals surface area contributed by atoms with Gasteiger partial charge in [0.1, 0.15) is 3.72 Å². The molecule has 88 valence electrons. The normalized spacial score (nSPS) is 13.1. The highest BCUT2D eigenvalue weighted by molar-refractivity contribution is 14.1. The van der Waals surface area contributed by atoms with Crippen molar-refractivity contribution in [3.8, 4) is 0 Å². The molecule has 0 heterocycles. The van der Waals surface area contributed by atoms with Gasteiger partial charge in [0.25, 0.3) is 0 Å². The topological polar surface area (TPSA) is 24.7 Å². The van der Waals surface area contributed by atoms with E-state index in [1.54, 1.807) is 7.05 Å². The third-order valence-electron chi connectivity index (χ3n) is 2.08. The third-order valence-corrected chi connectivity index (χ3v) is 3.01. The Morgan fingerprint density at radius 2 is 1.94 bits per heavy atom. The lowest BCUT2D eigenvalue weighted by Gasteiger charge is -2.02. The summed E-state index contributed by atoms with van der Waals surface area (Å²) >= 11 is 2.17. The zero-order valence-electron chi connectivity index (χ0n) is 10.0. The van der Waals surface area contributed by atoms with Gasteiger partial charge in [-0.05, 0) is 35.1 Å². The van der Waals surface area contributed by atoms with E-state index >= 15 is 0 Å². The fourth-order valence-electron chi connectivity index (χ4n) is 1.27. The van der Waals surface area contributed by atoms with E-state index < -0.39 is 0 Å². The van der Waals surface area contributed by atoms with Gasteiger partial charge in [-0.2, -0.15) is 0 Å². The van der Waals surface area contributed by atoms with Crippen molar-refractivity contribution in [3.63, 3.8) is 0 Å². The van der Waals surface area contributed by atoms with Crippen LogP contribution in [0.5, 0.6) is 0 Å². The number of benzene rings is 1. The molecule has 0 radical (unpaired) electrons. The summed E-state index contributed by atoms with van der Waals surface area (Å²) in [5.41, 5.74) is 1.91. The van der Waals surface area contributed by atoms with Gasteiger partial charge in [0, 0.05) is 12.6 Å². The summed E-state index contributed by atoms with van der Waals surface area (Å²) in [6, 6.07) is 9.92. The van der Waals surface area contributed by atoms with Gasteiger partial charge in [0.05, 0.1) is 0 Å². The summed E-state index contributed by atoms with van der Waals surface area (Å²) in [5, 5.41) is 0. The maximum absolute atomic E-state index is 4.49. The Labute approximate surface area is 116 Å². The Balaban J connectivity index is 2.99. The molecule has 0 aliphatic rings. The van der Waals surface area contributed by atoms with Crippen LogP contribution in [0.25, 0.3) is 0 Å². The zero-order chi connectivity index (χ0) is 12.7. The van der Waals surface area contributed by atoms with Crippen LogP contribution in [-0.2, 0) is 0 Å². The first-order valence-corrected chi connectivity index (χ1v) is 6.35. The summed E-state index contributed by atoms with van der Waals surface area (Å²) < 4.78 is 0.852. The van der Waals surface area contributed by atoms with Crippen LogP contribution in [0.3, 0.4) is 0 Å². The fourth-order valence-corrected chi connectivity index (χ4v) is 1.67. The highest BCUT2D eigenvalue weighted by atomic mass is 127. The summed E-state index contributed by atoms with van der Waals surface area (Å²) in [6.45, 7) is 5.90. The molecule has 0 amide bonds. The van der Waals surface area contributed by atoms with Gasteiger partial charge in [0.15, 0.2) is 5.84 Å². The number of rotatable bonds is 3. The van der Waals surface area contributed by atoms with Crippen LogP contribution in [0.4, 0.5) is 0 Å². The van der Waals surface area contributed by atoms with Crippen LogP contribution >= 0.6 is 22.6 Å². The molecule has 0 aromatic heterocycles. The van der Waals surface area contributed by atoms with Crippen LogP contribution in [0, 0.1) is 0 Å². The summed E-state index contributed by atoms with van der Waals surface area (Å²) in [5.74, 6) is 0.723. The molecule has 0 saturated heterocycles. The van der Waals surface area contributed by atoms with E-state index in [9.17, 15) is 0 Å². The van der Waals surface area contributed by atoms with Crippen LogP contribution in [0.2, 0.25) is 0 Å². The molecule has 0 fully saturated rings. The average molecular weight is 338 g/mol. The van der Waals surface area contributed by atoms with Gasteiger partial charge >= 0.3 is 0 Å². The van der Waals surface area contributed by atoms with E-state index in [2.05, 4.69) is 39.2 Å². The molecule has 2 nitrogen and oxygen atoms in total. The van der Waals surface area contributed by atoms with Crippen molar-refractivity contribution in [1.29, 1.82) is 0 Å². The van der Waals surface area contributed by atoms with Crippen molar-refractivity contribution >= 4 is 32.1 Å². The van der Waals surface area contributed by atoms with Gasteiger partial charge in [-0.3, -0.25) is 4.99 Å². The minimum Gasteiger partial charge on any atom is -0.270 e. The Bertz CT molecular complexity index is 470. The van der Waals surface area contributed by atoms with Crippen LogP contribution in [0.15, 0.2) is 64.6 Å². The Morgan fingerprint density at radius 3 is 2.47 bits per heavy atom. The van der Waals surface area contributed by atoms with Crippen molar-refractivity contribution in [3.05, 3.63) is 60.2 Å². The molecule has 0 unspecified atom stereocenters. The number of hydrogen-bond donors (Lipinski definition) is 0. The monoisotopic (exact) mass is 338 g/mol. The molecule has 0 saturated carbocycles. The quantitative estimate of drug-likeness (QED) is 0.344. The van der Waals surface area contributed by atoms with Crippen molar-refractivity contribution in [2.24, 2.45) is 9.98 Å². The molecule has 0 spiro atoms. The fraction of sp³-hybridized carbons (Fsp3) is 0.143. The number of amidine groups is 1. The lowest BCUT2D eigenvalue weighted by atomic mass is 10.2. The highest BCUT2D eigenvalue weighted by Crippen LogP contribution is 2.09. The first-order valence-electron chi connectivity index (χ1n) is 5.27. The molecule has 0 N–H and O–H groups in total. The van der Waals surface area contributed by atoms with Crippen molar-refractivity contribution < 1.29 is 0 Å². The van der Waals surface area contributed by atoms with E-state index in [0.717, 1.165) is 20.7 Å². The van der Waals surface area contributed by atoms with Gasteiger partial charge in [0.2, 0.25) is 0 Å². The first-order chi connectivity index (χ1) is 8.19. The molecule has 0 aliphatic heterocycles. The van der Waals surface area contributed by atoms with Gasteiger partial charge < -0.3 is 0 Å². The standard InChI is InChI=1S/C14H15IN2/c1-4-8-11(2)13(15)17-14(16-3)12-9-6-5-7-10-12/h4-10H,2H2,1,3H3/b8-4-,16-14?,17-13?. The number of allylic oxidation sites excluding steroid dienone is 3. The van der Waals surface area contributed by atoms with E-state index in [1.807, 2.05) is 49.4 Å². The minimum atomic E-state index is 0.723. The maximum atomic E-state index is 4.49. The van der Waals surface area contributed by atoms with Crippen molar-refractivity contribution in [2.45, 2.75) is 6.92 Å². The lowest BCUT2D eigenvalue weighted by molar-refractivity contribution is 1.39. The van der Waals surface area contributed by atoms with E-state index in [0.29, 0.717) is 0 Å². The molecule has 1 rings (SSSR count). The first kappa shape index (κ1) is 13.8.